The third-order valence-electron chi connectivity index (χ3n) is 1.46. The van der Waals surface area contributed by atoms with Crippen LogP contribution in [0.25, 0.3) is 5.82 Å². The van der Waals surface area contributed by atoms with Crippen molar-refractivity contribution in [2.45, 2.75) is 6.92 Å². The molecule has 2 rings (SSSR count). The summed E-state index contributed by atoms with van der Waals surface area (Å²) in [5, 5.41) is 12.0. The number of aryl methyl sites for hydroxylation is 1. The molecule has 6 heteroatoms. The first-order chi connectivity index (χ1) is 6.25. The van der Waals surface area contributed by atoms with Gasteiger partial charge in [0.15, 0.2) is 11.0 Å². The van der Waals surface area contributed by atoms with Crippen LogP contribution in [0.1, 0.15) is 5.82 Å². The molecule has 5 nitrogen and oxygen atoms in total. The van der Waals surface area contributed by atoms with E-state index in [-0.39, 0.29) is 0 Å². The average molecular weight is 196 g/mol. The first-order valence-corrected chi connectivity index (χ1v) is 4.01. The Morgan fingerprint density at radius 1 is 1.31 bits per heavy atom. The lowest BCUT2D eigenvalue weighted by Gasteiger charge is -1.96. The van der Waals surface area contributed by atoms with E-state index in [1.165, 1.54) is 0 Å². The van der Waals surface area contributed by atoms with Gasteiger partial charge in [0.05, 0.1) is 0 Å². The molecule has 0 aliphatic carbocycles. The van der Waals surface area contributed by atoms with Crippen molar-refractivity contribution < 1.29 is 0 Å². The lowest BCUT2D eigenvalue weighted by atomic mass is 10.5. The van der Waals surface area contributed by atoms with Crippen LogP contribution in [0.2, 0.25) is 5.15 Å². The maximum absolute atomic E-state index is 5.59. The van der Waals surface area contributed by atoms with Gasteiger partial charge in [0.1, 0.15) is 12.2 Å². The summed E-state index contributed by atoms with van der Waals surface area (Å²) in [6.07, 6.45) is 1.58. The van der Waals surface area contributed by atoms with Gasteiger partial charge in [-0.3, -0.25) is 0 Å². The van der Waals surface area contributed by atoms with E-state index in [1.807, 2.05) is 0 Å². The minimum absolute atomic E-state index is 0.362. The zero-order valence-corrected chi connectivity index (χ0v) is 7.60. The zero-order valence-electron chi connectivity index (χ0n) is 6.85. The monoisotopic (exact) mass is 195 g/mol. The van der Waals surface area contributed by atoms with Crippen molar-refractivity contribution in [1.82, 2.24) is 25.0 Å². The van der Waals surface area contributed by atoms with Crippen LogP contribution >= 0.6 is 11.6 Å². The van der Waals surface area contributed by atoms with Gasteiger partial charge in [0, 0.05) is 0 Å². The zero-order chi connectivity index (χ0) is 9.26. The normalized spacial score (nSPS) is 10.3. The summed E-state index contributed by atoms with van der Waals surface area (Å²) in [5.74, 6) is 1.29. The van der Waals surface area contributed by atoms with Crippen LogP contribution in [-0.4, -0.2) is 25.0 Å². The maximum Gasteiger partial charge on any atom is 0.177 e. The largest absolute Gasteiger partial charge is 0.220 e. The highest BCUT2D eigenvalue weighted by atomic mass is 35.5. The Balaban J connectivity index is 2.41. The lowest BCUT2D eigenvalue weighted by molar-refractivity contribution is 0.803. The molecule has 0 atom stereocenters. The van der Waals surface area contributed by atoms with E-state index in [2.05, 4.69) is 20.3 Å². The van der Waals surface area contributed by atoms with Gasteiger partial charge >= 0.3 is 0 Å². The van der Waals surface area contributed by atoms with E-state index in [0.29, 0.717) is 16.8 Å². The van der Waals surface area contributed by atoms with Crippen molar-refractivity contribution in [3.05, 3.63) is 29.4 Å². The molecule has 0 spiro atoms. The Morgan fingerprint density at radius 2 is 2.15 bits per heavy atom. The summed E-state index contributed by atoms with van der Waals surface area (Å²) < 4.78 is 1.54. The summed E-state index contributed by atoms with van der Waals surface area (Å²) in [7, 11) is 0. The SMILES string of the molecule is Cc1ncn(-c2ccc(Cl)nn2)n1. The molecule has 0 aliphatic heterocycles. The lowest BCUT2D eigenvalue weighted by Crippen LogP contribution is -1.99. The molecule has 2 aromatic heterocycles. The second kappa shape index (κ2) is 3.10. The fraction of sp³-hybridized carbons (Fsp3) is 0.143. The number of rotatable bonds is 1. The average Bonchev–Trinajstić information content (AvgIpc) is 2.53. The molecule has 0 saturated heterocycles. The third kappa shape index (κ3) is 1.65. The highest BCUT2D eigenvalue weighted by molar-refractivity contribution is 6.29. The third-order valence-corrected chi connectivity index (χ3v) is 1.66. The van der Waals surface area contributed by atoms with E-state index < -0.39 is 0 Å². The number of aromatic nitrogens is 5. The van der Waals surface area contributed by atoms with E-state index in [1.54, 1.807) is 30.1 Å². The molecule has 0 amide bonds. The Hall–Kier alpha value is -1.49. The first kappa shape index (κ1) is 8.12. The highest BCUT2D eigenvalue weighted by Crippen LogP contribution is 2.05. The Morgan fingerprint density at radius 3 is 2.69 bits per heavy atom. The van der Waals surface area contributed by atoms with Crippen LogP contribution in [0.3, 0.4) is 0 Å². The summed E-state index contributed by atoms with van der Waals surface area (Å²) in [6.45, 7) is 1.81. The van der Waals surface area contributed by atoms with Gasteiger partial charge in [-0.15, -0.1) is 10.2 Å². The van der Waals surface area contributed by atoms with Crippen LogP contribution < -0.4 is 0 Å². The Labute approximate surface area is 79.4 Å². The van der Waals surface area contributed by atoms with Crippen LogP contribution in [0.15, 0.2) is 18.5 Å². The van der Waals surface area contributed by atoms with Gasteiger partial charge in [0.25, 0.3) is 0 Å². The second-order valence-electron chi connectivity index (χ2n) is 2.45. The molecule has 0 unspecified atom stereocenters. The topological polar surface area (TPSA) is 56.5 Å². The van der Waals surface area contributed by atoms with Gasteiger partial charge in [-0.25, -0.2) is 9.67 Å². The summed E-state index contributed by atoms with van der Waals surface area (Å²) in [5.41, 5.74) is 0. The fourth-order valence-corrected chi connectivity index (χ4v) is 0.988. The minimum Gasteiger partial charge on any atom is -0.220 e. The van der Waals surface area contributed by atoms with Crippen LogP contribution in [0.4, 0.5) is 0 Å². The predicted molar refractivity (Wildman–Crippen MR) is 46.7 cm³/mol. The predicted octanol–water partition coefficient (Wildman–Crippen LogP) is 1.02. The van der Waals surface area contributed by atoms with Crippen molar-refractivity contribution in [2.75, 3.05) is 0 Å². The van der Waals surface area contributed by atoms with Gasteiger partial charge in [-0.1, -0.05) is 11.6 Å². The summed E-state index contributed by atoms with van der Waals surface area (Å²) >= 11 is 5.59. The molecule has 0 radical (unpaired) electrons. The van der Waals surface area contributed by atoms with Crippen molar-refractivity contribution in [3.63, 3.8) is 0 Å². The molecule has 0 N–H and O–H groups in total. The molecule has 2 heterocycles. The molecule has 0 aliphatic rings. The Bertz CT molecular complexity index is 407. The fourth-order valence-electron chi connectivity index (χ4n) is 0.887. The molecule has 13 heavy (non-hydrogen) atoms. The first-order valence-electron chi connectivity index (χ1n) is 3.63. The van der Waals surface area contributed by atoms with Crippen molar-refractivity contribution >= 4 is 11.6 Å². The number of hydrogen-bond donors (Lipinski definition) is 0. The molecule has 66 valence electrons. The van der Waals surface area contributed by atoms with Crippen LogP contribution in [0, 0.1) is 6.92 Å². The molecule has 0 aromatic carbocycles. The maximum atomic E-state index is 5.59. The van der Waals surface area contributed by atoms with E-state index >= 15 is 0 Å². The molecule has 0 saturated carbocycles. The van der Waals surface area contributed by atoms with E-state index in [0.717, 1.165) is 0 Å². The van der Waals surface area contributed by atoms with Crippen LogP contribution in [0.5, 0.6) is 0 Å². The van der Waals surface area contributed by atoms with E-state index in [4.69, 9.17) is 11.6 Å². The molecule has 2 aromatic rings. The van der Waals surface area contributed by atoms with Gasteiger partial charge in [-0.2, -0.15) is 5.10 Å². The molecule has 0 bridgehead atoms. The van der Waals surface area contributed by atoms with Crippen molar-refractivity contribution in [1.29, 1.82) is 0 Å². The highest BCUT2D eigenvalue weighted by Gasteiger charge is 2.00. The number of nitrogens with zero attached hydrogens (tertiary/aromatic N) is 5. The van der Waals surface area contributed by atoms with Gasteiger partial charge in [-0.05, 0) is 19.1 Å². The van der Waals surface area contributed by atoms with Gasteiger partial charge < -0.3 is 0 Å². The standard InChI is InChI=1S/C7H6ClN5/c1-5-9-4-13(12-5)7-3-2-6(8)10-11-7/h2-4H,1H3. The molecular formula is C7H6ClN5. The Kier molecular flexibility index (Phi) is 1.94. The summed E-state index contributed by atoms with van der Waals surface area (Å²) in [6, 6.07) is 3.38. The molecule has 0 fully saturated rings. The quantitative estimate of drug-likeness (QED) is 0.682. The second-order valence-corrected chi connectivity index (χ2v) is 2.84. The van der Waals surface area contributed by atoms with Crippen molar-refractivity contribution in [3.8, 4) is 5.82 Å². The minimum atomic E-state index is 0.362. The van der Waals surface area contributed by atoms with Crippen molar-refractivity contribution in [2.24, 2.45) is 0 Å². The summed E-state index contributed by atoms with van der Waals surface area (Å²) in [4.78, 5) is 3.97. The molecular weight excluding hydrogens is 190 g/mol. The van der Waals surface area contributed by atoms with Gasteiger partial charge in [0.2, 0.25) is 0 Å². The number of halogens is 1. The van der Waals surface area contributed by atoms with E-state index in [9.17, 15) is 0 Å². The smallest absolute Gasteiger partial charge is 0.177 e. The number of hydrogen-bond acceptors (Lipinski definition) is 4. The van der Waals surface area contributed by atoms with Crippen LogP contribution in [-0.2, 0) is 0 Å².